The van der Waals surface area contributed by atoms with Crippen LogP contribution in [0.3, 0.4) is 0 Å². The highest BCUT2D eigenvalue weighted by atomic mass is 16.5. The molecule has 3 heterocycles. The molecule has 25 heavy (non-hydrogen) atoms. The Morgan fingerprint density at radius 3 is 2.44 bits per heavy atom. The first-order valence-electron chi connectivity index (χ1n) is 8.19. The average molecular weight is 340 g/mol. The van der Waals surface area contributed by atoms with Gasteiger partial charge in [-0.1, -0.05) is 0 Å². The third-order valence-electron chi connectivity index (χ3n) is 4.95. The largest absolute Gasteiger partial charge is 0.486 e. The third kappa shape index (κ3) is 2.13. The second-order valence-corrected chi connectivity index (χ2v) is 6.49. The van der Waals surface area contributed by atoms with Gasteiger partial charge < -0.3 is 15.0 Å². The first-order valence-corrected chi connectivity index (χ1v) is 8.19. The number of benzene rings is 1. The third-order valence-corrected chi connectivity index (χ3v) is 4.95. The summed E-state index contributed by atoms with van der Waals surface area (Å²) in [4.78, 5) is 24.9. The molecule has 0 saturated heterocycles. The fraction of sp³-hybridized carbons (Fsp3) is 0.333. The molecule has 0 fully saturated rings. The molecule has 1 aliphatic rings. The Bertz CT molecular complexity index is 1140. The molecule has 0 amide bonds. The van der Waals surface area contributed by atoms with Crippen molar-refractivity contribution in [2.45, 2.75) is 20.0 Å². The van der Waals surface area contributed by atoms with Crippen LogP contribution in [-0.4, -0.2) is 22.4 Å². The van der Waals surface area contributed by atoms with Crippen molar-refractivity contribution in [3.8, 4) is 5.75 Å². The Morgan fingerprint density at radius 1 is 1.12 bits per heavy atom. The maximum atomic E-state index is 12.7. The van der Waals surface area contributed by atoms with Crippen LogP contribution in [0.2, 0.25) is 0 Å². The highest BCUT2D eigenvalue weighted by Crippen LogP contribution is 2.39. The molecule has 0 spiro atoms. The van der Waals surface area contributed by atoms with Crippen LogP contribution in [0.4, 0.5) is 0 Å². The van der Waals surface area contributed by atoms with E-state index in [1.807, 2.05) is 19.9 Å². The van der Waals surface area contributed by atoms with E-state index < -0.39 is 0 Å². The Hall–Kier alpha value is -2.64. The molecule has 0 radical (unpaired) electrons. The van der Waals surface area contributed by atoms with Gasteiger partial charge in [-0.3, -0.25) is 19.5 Å². The Kier molecular flexibility index (Phi) is 3.45. The zero-order valence-electron chi connectivity index (χ0n) is 14.4. The van der Waals surface area contributed by atoms with Crippen molar-refractivity contribution in [3.05, 3.63) is 50.0 Å². The normalized spacial score (nSPS) is 16.4. The molecule has 7 heteroatoms. The van der Waals surface area contributed by atoms with Crippen LogP contribution in [0.15, 0.2) is 27.8 Å². The fourth-order valence-corrected chi connectivity index (χ4v) is 3.69. The van der Waals surface area contributed by atoms with E-state index in [-0.39, 0.29) is 30.6 Å². The van der Waals surface area contributed by atoms with E-state index in [9.17, 15) is 9.59 Å². The number of pyridine rings is 2. The molecule has 3 aromatic rings. The quantitative estimate of drug-likeness (QED) is 0.533. The standard InChI is InChI=1S/C18H20N4O3/c1-9-4-14(23)21(3)16-11(9)6-12-10(2)5-15(24)22-13(20-8-19)7-25-18(16)17(12)22/h4-6,13,20H,7-8,19H2,1-3H3. The van der Waals surface area contributed by atoms with E-state index in [0.717, 1.165) is 21.9 Å². The van der Waals surface area contributed by atoms with Crippen LogP contribution in [0.1, 0.15) is 17.3 Å². The predicted octanol–water partition coefficient (Wildman–Crippen LogP) is 0.867. The minimum atomic E-state index is -0.340. The average Bonchev–Trinajstić information content (AvgIpc) is 2.57. The molecule has 130 valence electrons. The van der Waals surface area contributed by atoms with Crippen LogP contribution in [0, 0.1) is 13.8 Å². The molecule has 3 N–H and O–H groups in total. The second-order valence-electron chi connectivity index (χ2n) is 6.49. The Balaban J connectivity index is 2.28. The van der Waals surface area contributed by atoms with Crippen LogP contribution < -0.4 is 26.9 Å². The van der Waals surface area contributed by atoms with Crippen molar-refractivity contribution < 1.29 is 4.74 Å². The monoisotopic (exact) mass is 340 g/mol. The highest BCUT2D eigenvalue weighted by molar-refractivity contribution is 6.04. The van der Waals surface area contributed by atoms with E-state index in [1.165, 1.54) is 0 Å². The second kappa shape index (κ2) is 5.44. The summed E-state index contributed by atoms with van der Waals surface area (Å²) in [6, 6.07) is 5.28. The molecule has 1 aromatic carbocycles. The van der Waals surface area contributed by atoms with Gasteiger partial charge in [0, 0.05) is 36.6 Å². The summed E-state index contributed by atoms with van der Waals surface area (Å²) in [5.74, 6) is 0.576. The predicted molar refractivity (Wildman–Crippen MR) is 97.2 cm³/mol. The molecule has 4 rings (SSSR count). The van der Waals surface area contributed by atoms with Gasteiger partial charge in [-0.15, -0.1) is 0 Å². The van der Waals surface area contributed by atoms with Gasteiger partial charge in [0.2, 0.25) is 0 Å². The van der Waals surface area contributed by atoms with Gasteiger partial charge in [-0.25, -0.2) is 0 Å². The number of rotatable bonds is 2. The van der Waals surface area contributed by atoms with Crippen molar-refractivity contribution in [2.75, 3.05) is 13.3 Å². The number of aromatic nitrogens is 2. The van der Waals surface area contributed by atoms with E-state index in [0.29, 0.717) is 16.8 Å². The van der Waals surface area contributed by atoms with Crippen molar-refractivity contribution in [1.29, 1.82) is 0 Å². The summed E-state index contributed by atoms with van der Waals surface area (Å²) in [6.45, 7) is 4.32. The molecule has 1 aliphatic heterocycles. The van der Waals surface area contributed by atoms with Crippen molar-refractivity contribution in [2.24, 2.45) is 12.8 Å². The molecule has 2 aromatic heterocycles. The summed E-state index contributed by atoms with van der Waals surface area (Å²) >= 11 is 0. The number of hydrogen-bond donors (Lipinski definition) is 2. The van der Waals surface area contributed by atoms with Crippen LogP contribution in [0.25, 0.3) is 21.8 Å². The lowest BCUT2D eigenvalue weighted by molar-refractivity contribution is 0.209. The summed E-state index contributed by atoms with van der Waals surface area (Å²) < 4.78 is 9.29. The van der Waals surface area contributed by atoms with Gasteiger partial charge in [-0.2, -0.15) is 0 Å². The van der Waals surface area contributed by atoms with Crippen LogP contribution in [0.5, 0.6) is 5.75 Å². The first-order chi connectivity index (χ1) is 11.9. The lowest BCUT2D eigenvalue weighted by Crippen LogP contribution is -2.42. The smallest absolute Gasteiger partial charge is 0.252 e. The van der Waals surface area contributed by atoms with Crippen molar-refractivity contribution in [1.82, 2.24) is 14.5 Å². The van der Waals surface area contributed by atoms with E-state index >= 15 is 0 Å². The van der Waals surface area contributed by atoms with Gasteiger partial charge in [0.1, 0.15) is 12.8 Å². The molecule has 0 saturated carbocycles. The molecular formula is C18H20N4O3. The van der Waals surface area contributed by atoms with Crippen LogP contribution >= 0.6 is 0 Å². The van der Waals surface area contributed by atoms with E-state index in [2.05, 4.69) is 5.32 Å². The summed E-state index contributed by atoms with van der Waals surface area (Å²) in [6.07, 6.45) is -0.340. The van der Waals surface area contributed by atoms with Gasteiger partial charge in [0.05, 0.1) is 11.0 Å². The Labute approximate surface area is 143 Å². The first kappa shape index (κ1) is 15.9. The molecule has 0 bridgehead atoms. The number of ether oxygens (including phenoxy) is 1. The molecule has 1 unspecified atom stereocenters. The SMILES string of the molecule is Cc1cc(=O)n(C)c2c3c4c(cc12)c(C)cc(=O)n4C(NCN)CO3. The summed E-state index contributed by atoms with van der Waals surface area (Å²) in [7, 11) is 1.72. The minimum absolute atomic E-state index is 0.104. The van der Waals surface area contributed by atoms with Gasteiger partial charge >= 0.3 is 0 Å². The van der Waals surface area contributed by atoms with Crippen molar-refractivity contribution in [3.63, 3.8) is 0 Å². The minimum Gasteiger partial charge on any atom is -0.486 e. The van der Waals surface area contributed by atoms with Gasteiger partial charge in [0.25, 0.3) is 11.1 Å². The molecule has 7 nitrogen and oxygen atoms in total. The van der Waals surface area contributed by atoms with E-state index in [1.54, 1.807) is 28.3 Å². The zero-order valence-corrected chi connectivity index (χ0v) is 14.4. The number of aryl methyl sites for hydroxylation is 3. The number of hydrogen-bond acceptors (Lipinski definition) is 5. The lowest BCUT2D eigenvalue weighted by Gasteiger charge is -2.30. The van der Waals surface area contributed by atoms with Gasteiger partial charge in [0.15, 0.2) is 5.75 Å². The maximum Gasteiger partial charge on any atom is 0.252 e. The van der Waals surface area contributed by atoms with Crippen LogP contribution in [-0.2, 0) is 7.05 Å². The summed E-state index contributed by atoms with van der Waals surface area (Å²) in [5, 5.41) is 4.96. The number of nitrogens with one attached hydrogen (secondary N) is 1. The molecular weight excluding hydrogens is 320 g/mol. The number of nitrogens with two attached hydrogens (primary N) is 1. The number of nitrogens with zero attached hydrogens (tertiary/aromatic N) is 2. The van der Waals surface area contributed by atoms with Gasteiger partial charge in [-0.05, 0) is 31.0 Å². The molecule has 1 atom stereocenters. The fourth-order valence-electron chi connectivity index (χ4n) is 3.69. The summed E-state index contributed by atoms with van der Waals surface area (Å²) in [5.41, 5.74) is 8.58. The zero-order chi connectivity index (χ0) is 17.9. The topological polar surface area (TPSA) is 91.3 Å². The highest BCUT2D eigenvalue weighted by Gasteiger charge is 2.27. The Morgan fingerprint density at radius 2 is 1.76 bits per heavy atom. The maximum absolute atomic E-state index is 12.7. The van der Waals surface area contributed by atoms with Crippen molar-refractivity contribution >= 4 is 21.8 Å². The lowest BCUT2D eigenvalue weighted by atomic mass is 10.0. The number of fused-ring (bicyclic) bond motifs is 2. The van der Waals surface area contributed by atoms with E-state index in [4.69, 9.17) is 10.5 Å². The molecule has 0 aliphatic carbocycles.